The van der Waals surface area contributed by atoms with Gasteiger partial charge in [-0.25, -0.2) is 9.97 Å². The van der Waals surface area contributed by atoms with E-state index in [1.807, 2.05) is 0 Å². The third-order valence-electron chi connectivity index (χ3n) is 6.41. The zero-order valence-electron chi connectivity index (χ0n) is 22.7. The molecule has 0 atom stereocenters. The number of fused-ring (bicyclic) bond motifs is 1. The van der Waals surface area contributed by atoms with Gasteiger partial charge in [-0.1, -0.05) is 17.4 Å². The number of carbonyl (C=O) groups is 1. The smallest absolute Gasteiger partial charge is 0.430 e. The first-order valence-electron chi connectivity index (χ1n) is 12.4. The van der Waals surface area contributed by atoms with Crippen LogP contribution in [0.5, 0.6) is 5.75 Å². The minimum absolute atomic E-state index is 0.00157. The van der Waals surface area contributed by atoms with Crippen LogP contribution in [0, 0.1) is 13.8 Å². The molecule has 0 bridgehead atoms. The van der Waals surface area contributed by atoms with Crippen molar-refractivity contribution >= 4 is 32.9 Å². The number of rotatable bonds is 6. The van der Waals surface area contributed by atoms with Crippen LogP contribution in [0.25, 0.3) is 33.0 Å². The van der Waals surface area contributed by atoms with Gasteiger partial charge in [0, 0.05) is 40.5 Å². The van der Waals surface area contributed by atoms with Crippen LogP contribution in [0.1, 0.15) is 27.3 Å². The number of hydrogen-bond donors (Lipinski definition) is 2. The lowest BCUT2D eigenvalue weighted by molar-refractivity contribution is -0.376. The first kappa shape index (κ1) is 30.7. The zero-order chi connectivity index (χ0) is 32.0. The minimum atomic E-state index is -6.05. The number of nitrogens with one attached hydrogen (secondary N) is 1. The van der Waals surface area contributed by atoms with Gasteiger partial charge in [0.05, 0.1) is 30.8 Å². The van der Waals surface area contributed by atoms with E-state index in [0.29, 0.717) is 34.3 Å². The van der Waals surface area contributed by atoms with E-state index in [-0.39, 0.29) is 38.8 Å². The Bertz CT molecular complexity index is 1860. The summed E-state index contributed by atoms with van der Waals surface area (Å²) < 4.78 is 84.6. The fourth-order valence-electron chi connectivity index (χ4n) is 4.19. The maximum absolute atomic E-state index is 13.4. The molecule has 1 amide bonds. The molecule has 2 N–H and O–H groups in total. The number of aryl methyl sites for hydroxylation is 2. The zero-order valence-corrected chi connectivity index (χ0v) is 23.6. The van der Waals surface area contributed by atoms with E-state index in [1.165, 1.54) is 13.3 Å². The van der Waals surface area contributed by atoms with Crippen LogP contribution in [0.4, 0.5) is 31.5 Å². The minimum Gasteiger partial charge on any atom is -0.494 e. The van der Waals surface area contributed by atoms with Gasteiger partial charge in [0.25, 0.3) is 11.5 Å². The molecular weight excluding hydrogens is 616 g/mol. The van der Waals surface area contributed by atoms with E-state index in [0.717, 1.165) is 23.6 Å². The number of ether oxygens (including phenoxy) is 1. The number of halogens is 6. The maximum Gasteiger partial charge on any atom is 0.430 e. The molecule has 0 aliphatic rings. The molecule has 0 saturated carbocycles. The van der Waals surface area contributed by atoms with Gasteiger partial charge in [0.15, 0.2) is 15.6 Å². The third kappa shape index (κ3) is 5.50. The summed E-state index contributed by atoms with van der Waals surface area (Å²) >= 11 is 0.921. The molecule has 0 saturated heterocycles. The second-order valence-corrected chi connectivity index (χ2v) is 10.4. The molecule has 5 heterocycles. The molecule has 0 aliphatic carbocycles. The third-order valence-corrected chi connectivity index (χ3v) is 7.26. The average molecular weight is 636 g/mol. The van der Waals surface area contributed by atoms with Crippen molar-refractivity contribution < 1.29 is 41.0 Å². The van der Waals surface area contributed by atoms with Crippen LogP contribution < -0.4 is 10.1 Å². The Hall–Kier alpha value is -4.77. The number of alkyl halides is 6. The molecule has 0 fully saturated rings. The SMILES string of the molecule is COc1cnc(C)cc1-c1cc(C)ncc1C(=O)Nc1nc2ncc(-c3ccc(C(O)(C(F)(F)F)C(F)(F)F)cn3)nc2s1. The van der Waals surface area contributed by atoms with Crippen LogP contribution in [-0.2, 0) is 5.60 Å². The fraction of sp³-hybridized carbons (Fsp3) is 0.222. The molecule has 5 rings (SSSR count). The van der Waals surface area contributed by atoms with E-state index >= 15 is 0 Å². The summed E-state index contributed by atoms with van der Waals surface area (Å²) in [7, 11) is 1.48. The molecule has 0 aliphatic heterocycles. The number of anilines is 1. The Morgan fingerprint density at radius 3 is 2.11 bits per heavy atom. The average Bonchev–Trinajstić information content (AvgIpc) is 3.37. The number of amides is 1. The van der Waals surface area contributed by atoms with Crippen molar-refractivity contribution in [3.8, 4) is 28.3 Å². The number of nitrogens with zero attached hydrogens (tertiary/aromatic N) is 6. The fourth-order valence-corrected chi connectivity index (χ4v) is 4.99. The highest BCUT2D eigenvalue weighted by Gasteiger charge is 2.71. The summed E-state index contributed by atoms with van der Waals surface area (Å²) in [4.78, 5) is 38.3. The van der Waals surface area contributed by atoms with Crippen LogP contribution in [-0.4, -0.2) is 60.4 Å². The van der Waals surface area contributed by atoms with E-state index in [9.17, 15) is 36.2 Å². The summed E-state index contributed by atoms with van der Waals surface area (Å²) in [5.41, 5.74) is -3.92. The second-order valence-electron chi connectivity index (χ2n) is 9.39. The normalized spacial score (nSPS) is 12.4. The van der Waals surface area contributed by atoms with E-state index in [4.69, 9.17) is 4.74 Å². The first-order chi connectivity index (χ1) is 20.6. The molecule has 5 aromatic rings. The van der Waals surface area contributed by atoms with Gasteiger partial charge in [-0.05, 0) is 32.0 Å². The van der Waals surface area contributed by atoms with Crippen molar-refractivity contribution in [3.63, 3.8) is 0 Å². The molecule has 228 valence electrons. The first-order valence-corrected chi connectivity index (χ1v) is 13.2. The summed E-state index contributed by atoms with van der Waals surface area (Å²) in [6.45, 7) is 3.56. The molecular formula is C27H19F6N7O3S. The van der Waals surface area contributed by atoms with Gasteiger partial charge >= 0.3 is 12.4 Å². The second kappa shape index (κ2) is 11.1. The Balaban J connectivity index is 1.43. The Kier molecular flexibility index (Phi) is 7.71. The predicted octanol–water partition coefficient (Wildman–Crippen LogP) is 5.80. The molecule has 10 nitrogen and oxygen atoms in total. The number of hydrogen-bond acceptors (Lipinski definition) is 10. The lowest BCUT2D eigenvalue weighted by atomic mass is 9.93. The van der Waals surface area contributed by atoms with Gasteiger partial charge in [0.2, 0.25) is 0 Å². The van der Waals surface area contributed by atoms with Crippen molar-refractivity contribution in [3.05, 3.63) is 71.6 Å². The predicted molar refractivity (Wildman–Crippen MR) is 146 cm³/mol. The highest BCUT2D eigenvalue weighted by Crippen LogP contribution is 2.50. The lowest BCUT2D eigenvalue weighted by Gasteiger charge is -2.32. The van der Waals surface area contributed by atoms with E-state index < -0.39 is 29.4 Å². The Labute approximate surface area is 247 Å². The molecule has 44 heavy (non-hydrogen) atoms. The van der Waals surface area contributed by atoms with Crippen LogP contribution in [0.3, 0.4) is 0 Å². The molecule has 5 aromatic heterocycles. The Morgan fingerprint density at radius 1 is 0.841 bits per heavy atom. The van der Waals surface area contributed by atoms with Crippen molar-refractivity contribution in [2.45, 2.75) is 31.8 Å². The number of pyridine rings is 3. The Morgan fingerprint density at radius 2 is 1.50 bits per heavy atom. The van der Waals surface area contributed by atoms with E-state index in [2.05, 4.69) is 35.2 Å². The topological polar surface area (TPSA) is 136 Å². The van der Waals surface area contributed by atoms with Crippen LogP contribution >= 0.6 is 11.3 Å². The quantitative estimate of drug-likeness (QED) is 0.222. The highest BCUT2D eigenvalue weighted by molar-refractivity contribution is 7.21. The van der Waals surface area contributed by atoms with Gasteiger partial charge in [0.1, 0.15) is 11.4 Å². The van der Waals surface area contributed by atoms with Crippen LogP contribution in [0.15, 0.2) is 49.1 Å². The number of aromatic nitrogens is 6. The van der Waals surface area contributed by atoms with Crippen LogP contribution in [0.2, 0.25) is 0 Å². The van der Waals surface area contributed by atoms with Gasteiger partial charge in [-0.2, -0.15) is 31.3 Å². The van der Waals surface area contributed by atoms with Crippen molar-refractivity contribution in [2.75, 3.05) is 12.4 Å². The van der Waals surface area contributed by atoms with Crippen molar-refractivity contribution in [2.24, 2.45) is 0 Å². The van der Waals surface area contributed by atoms with E-state index in [1.54, 1.807) is 32.2 Å². The number of carbonyl (C=O) groups excluding carboxylic acids is 1. The highest BCUT2D eigenvalue weighted by atomic mass is 32.1. The van der Waals surface area contributed by atoms with Gasteiger partial charge in [-0.3, -0.25) is 25.1 Å². The monoisotopic (exact) mass is 635 g/mol. The molecule has 17 heteroatoms. The molecule has 0 spiro atoms. The standard InChI is InChI=1S/C27H19F6N7O3S/c1-12-6-15(16-7-13(2)35-11-20(16)43-3)17(9-34-12)22(41)40-24-39-21-23(44-24)38-19(10-37-21)18-5-4-14(8-36-18)25(42,26(28,29)30)27(31,32)33/h4-11,42H,1-3H3,(H,37,39,40,41). The lowest BCUT2D eigenvalue weighted by Crippen LogP contribution is -2.53. The molecule has 0 radical (unpaired) electrons. The van der Waals surface area contributed by atoms with Gasteiger partial charge < -0.3 is 9.84 Å². The number of aliphatic hydroxyl groups is 1. The number of methoxy groups -OCH3 is 1. The molecule has 0 aromatic carbocycles. The molecule has 0 unspecified atom stereocenters. The summed E-state index contributed by atoms with van der Waals surface area (Å²) in [5.74, 6) is -0.110. The maximum atomic E-state index is 13.4. The van der Waals surface area contributed by atoms with Gasteiger partial charge in [-0.15, -0.1) is 0 Å². The van der Waals surface area contributed by atoms with Crippen molar-refractivity contribution in [1.29, 1.82) is 0 Å². The largest absolute Gasteiger partial charge is 0.494 e. The summed E-state index contributed by atoms with van der Waals surface area (Å²) in [5, 5.41) is 12.4. The summed E-state index contributed by atoms with van der Waals surface area (Å²) in [6.07, 6.45) is -7.71. The van der Waals surface area contributed by atoms with Crippen molar-refractivity contribution in [1.82, 2.24) is 29.9 Å². The summed E-state index contributed by atoms with van der Waals surface area (Å²) in [6, 6.07) is 4.80. The number of thiazole rings is 1.